The number of ether oxygens (including phenoxy) is 1. The molecule has 0 saturated carbocycles. The molecule has 0 bridgehead atoms. The minimum atomic E-state index is -2.90. The average Bonchev–Trinajstić information content (AvgIpc) is 2.75. The van der Waals surface area contributed by atoms with Gasteiger partial charge in [-0.2, -0.15) is 8.78 Å². The highest BCUT2D eigenvalue weighted by Gasteiger charge is 2.20. The highest BCUT2D eigenvalue weighted by Crippen LogP contribution is 2.22. The Bertz CT molecular complexity index is 918. The summed E-state index contributed by atoms with van der Waals surface area (Å²) in [6.07, 6.45) is 2.75. The Morgan fingerprint density at radius 3 is 2.61 bits per heavy atom. The summed E-state index contributed by atoms with van der Waals surface area (Å²) in [5.74, 6) is 0.466. The molecule has 0 heterocycles. The SMILES string of the molecule is CN(C)C(=O)CNC(=NCc1ccccc1OC(F)F)NC1CCc2ccccc2C1. The third kappa shape index (κ3) is 6.67. The van der Waals surface area contributed by atoms with Crippen LogP contribution in [0.25, 0.3) is 0 Å². The lowest BCUT2D eigenvalue weighted by atomic mass is 9.88. The molecule has 1 aliphatic carbocycles. The fraction of sp³-hybridized carbons (Fsp3) is 0.391. The molecule has 1 atom stereocenters. The number of aliphatic imine (C=N–C) groups is 1. The molecule has 1 amide bonds. The Morgan fingerprint density at radius 1 is 1.16 bits per heavy atom. The lowest BCUT2D eigenvalue weighted by Gasteiger charge is -2.27. The minimum absolute atomic E-state index is 0.0807. The van der Waals surface area contributed by atoms with E-state index in [-0.39, 0.29) is 30.8 Å². The second kappa shape index (κ2) is 10.7. The van der Waals surface area contributed by atoms with Gasteiger partial charge in [0.25, 0.3) is 0 Å². The number of guanidine groups is 1. The number of nitrogens with one attached hydrogen (secondary N) is 2. The quantitative estimate of drug-likeness (QED) is 0.524. The van der Waals surface area contributed by atoms with Gasteiger partial charge in [0.15, 0.2) is 5.96 Å². The van der Waals surface area contributed by atoms with E-state index < -0.39 is 6.61 Å². The fourth-order valence-electron chi connectivity index (χ4n) is 3.49. The number of nitrogens with zero attached hydrogens (tertiary/aromatic N) is 2. The maximum Gasteiger partial charge on any atom is 0.387 e. The first-order valence-electron chi connectivity index (χ1n) is 10.3. The minimum Gasteiger partial charge on any atom is -0.434 e. The van der Waals surface area contributed by atoms with Crippen molar-refractivity contribution < 1.29 is 18.3 Å². The number of carbonyl (C=O) groups is 1. The van der Waals surface area contributed by atoms with Crippen molar-refractivity contribution in [1.82, 2.24) is 15.5 Å². The zero-order valence-corrected chi connectivity index (χ0v) is 17.8. The topological polar surface area (TPSA) is 66.0 Å². The molecule has 0 aromatic heterocycles. The van der Waals surface area contributed by atoms with Crippen LogP contribution in [0.5, 0.6) is 5.75 Å². The van der Waals surface area contributed by atoms with Gasteiger partial charge in [-0.25, -0.2) is 4.99 Å². The van der Waals surface area contributed by atoms with Gasteiger partial charge in [-0.05, 0) is 36.5 Å². The van der Waals surface area contributed by atoms with Gasteiger partial charge in [0, 0.05) is 25.7 Å². The van der Waals surface area contributed by atoms with Gasteiger partial charge >= 0.3 is 6.61 Å². The first kappa shape index (κ1) is 22.5. The van der Waals surface area contributed by atoms with Crippen molar-refractivity contribution >= 4 is 11.9 Å². The van der Waals surface area contributed by atoms with Gasteiger partial charge in [0.05, 0.1) is 13.1 Å². The number of fused-ring (bicyclic) bond motifs is 1. The van der Waals surface area contributed by atoms with E-state index in [1.54, 1.807) is 32.3 Å². The molecule has 1 unspecified atom stereocenters. The van der Waals surface area contributed by atoms with Crippen LogP contribution in [0.4, 0.5) is 8.78 Å². The van der Waals surface area contributed by atoms with E-state index >= 15 is 0 Å². The summed E-state index contributed by atoms with van der Waals surface area (Å²) in [5, 5.41) is 6.46. The highest BCUT2D eigenvalue weighted by atomic mass is 19.3. The normalized spacial score (nSPS) is 15.9. The zero-order chi connectivity index (χ0) is 22.2. The van der Waals surface area contributed by atoms with Crippen molar-refractivity contribution in [3.05, 3.63) is 65.2 Å². The summed E-state index contributed by atoms with van der Waals surface area (Å²) < 4.78 is 30.0. The second-order valence-corrected chi connectivity index (χ2v) is 7.65. The van der Waals surface area contributed by atoms with E-state index in [1.165, 1.54) is 22.1 Å². The molecule has 166 valence electrons. The number of rotatable bonds is 7. The number of alkyl halides is 2. The fourth-order valence-corrected chi connectivity index (χ4v) is 3.49. The monoisotopic (exact) mass is 430 g/mol. The summed E-state index contributed by atoms with van der Waals surface area (Å²) in [6.45, 7) is -2.68. The molecule has 6 nitrogen and oxygen atoms in total. The van der Waals surface area contributed by atoms with E-state index in [1.807, 2.05) is 12.1 Å². The van der Waals surface area contributed by atoms with Gasteiger partial charge in [-0.1, -0.05) is 42.5 Å². The summed E-state index contributed by atoms with van der Waals surface area (Å²) in [4.78, 5) is 18.1. The lowest BCUT2D eigenvalue weighted by molar-refractivity contribution is -0.127. The Hall–Kier alpha value is -3.16. The standard InChI is InChI=1S/C23H28F2N4O2/c1-29(2)21(30)15-27-23(26-14-18-9-5-6-10-20(18)31-22(24)25)28-19-12-11-16-7-3-4-8-17(16)13-19/h3-10,19,22H,11-15H2,1-2H3,(H2,26,27,28). The number of para-hydroxylation sites is 1. The van der Waals surface area contributed by atoms with Gasteiger partial charge in [-0.15, -0.1) is 0 Å². The zero-order valence-electron chi connectivity index (χ0n) is 17.8. The molecule has 0 aliphatic heterocycles. The summed E-state index contributed by atoms with van der Waals surface area (Å²) in [5.41, 5.74) is 3.19. The molecule has 2 aromatic rings. The molecule has 2 aromatic carbocycles. The molecular formula is C23H28F2N4O2. The molecule has 1 aliphatic rings. The van der Waals surface area contributed by atoms with Crippen LogP contribution < -0.4 is 15.4 Å². The number of aryl methyl sites for hydroxylation is 1. The Morgan fingerprint density at radius 2 is 1.87 bits per heavy atom. The Balaban J connectivity index is 1.73. The highest BCUT2D eigenvalue weighted by molar-refractivity contribution is 5.86. The number of carbonyl (C=O) groups excluding carboxylic acids is 1. The largest absolute Gasteiger partial charge is 0.434 e. The van der Waals surface area contributed by atoms with Crippen molar-refractivity contribution in [1.29, 1.82) is 0 Å². The molecule has 0 radical (unpaired) electrons. The summed E-state index contributed by atoms with van der Waals surface area (Å²) in [6, 6.07) is 15.1. The summed E-state index contributed by atoms with van der Waals surface area (Å²) in [7, 11) is 3.37. The van der Waals surface area contributed by atoms with E-state index in [4.69, 9.17) is 0 Å². The first-order chi connectivity index (χ1) is 14.9. The van der Waals surface area contributed by atoms with E-state index in [0.29, 0.717) is 11.5 Å². The van der Waals surface area contributed by atoms with Crippen molar-refractivity contribution in [3.8, 4) is 5.75 Å². The molecule has 8 heteroatoms. The van der Waals surface area contributed by atoms with Crippen LogP contribution in [0.15, 0.2) is 53.5 Å². The van der Waals surface area contributed by atoms with Gasteiger partial charge in [0.1, 0.15) is 5.75 Å². The number of halogens is 2. The second-order valence-electron chi connectivity index (χ2n) is 7.65. The van der Waals surface area contributed by atoms with Crippen molar-refractivity contribution in [3.63, 3.8) is 0 Å². The van der Waals surface area contributed by atoms with Crippen molar-refractivity contribution in [2.24, 2.45) is 4.99 Å². The maximum absolute atomic E-state index is 12.7. The smallest absolute Gasteiger partial charge is 0.387 e. The molecular weight excluding hydrogens is 402 g/mol. The van der Waals surface area contributed by atoms with Crippen LogP contribution in [-0.4, -0.2) is 50.1 Å². The van der Waals surface area contributed by atoms with E-state index in [9.17, 15) is 13.6 Å². The van der Waals surface area contributed by atoms with Crippen molar-refractivity contribution in [2.75, 3.05) is 20.6 Å². The third-order valence-electron chi connectivity index (χ3n) is 5.19. The number of amides is 1. The molecule has 0 saturated heterocycles. The Labute approximate surface area is 181 Å². The molecule has 3 rings (SSSR count). The number of likely N-dealkylation sites (N-methyl/N-ethyl adjacent to an activating group) is 1. The average molecular weight is 430 g/mol. The van der Waals surface area contributed by atoms with Crippen LogP contribution in [0, 0.1) is 0 Å². The van der Waals surface area contributed by atoms with Crippen LogP contribution in [0.3, 0.4) is 0 Å². The van der Waals surface area contributed by atoms with Gasteiger partial charge < -0.3 is 20.3 Å². The van der Waals surface area contributed by atoms with E-state index in [2.05, 4.69) is 32.5 Å². The molecule has 2 N–H and O–H groups in total. The predicted molar refractivity (Wildman–Crippen MR) is 116 cm³/mol. The molecule has 0 spiro atoms. The summed E-state index contributed by atoms with van der Waals surface area (Å²) >= 11 is 0. The van der Waals surface area contributed by atoms with Crippen LogP contribution in [0.1, 0.15) is 23.1 Å². The van der Waals surface area contributed by atoms with Crippen LogP contribution in [0.2, 0.25) is 0 Å². The number of hydrogen-bond donors (Lipinski definition) is 2. The molecule has 31 heavy (non-hydrogen) atoms. The van der Waals surface area contributed by atoms with Crippen molar-refractivity contribution in [2.45, 2.75) is 38.5 Å². The van der Waals surface area contributed by atoms with Crippen LogP contribution in [-0.2, 0) is 24.2 Å². The molecule has 0 fully saturated rings. The Kier molecular flexibility index (Phi) is 7.81. The first-order valence-corrected chi connectivity index (χ1v) is 10.3. The number of hydrogen-bond acceptors (Lipinski definition) is 3. The van der Waals surface area contributed by atoms with Crippen LogP contribution >= 0.6 is 0 Å². The van der Waals surface area contributed by atoms with E-state index in [0.717, 1.165) is 19.3 Å². The maximum atomic E-state index is 12.7. The number of benzene rings is 2. The third-order valence-corrected chi connectivity index (χ3v) is 5.19. The van der Waals surface area contributed by atoms with Gasteiger partial charge in [0.2, 0.25) is 5.91 Å². The predicted octanol–water partition coefficient (Wildman–Crippen LogP) is 2.97. The van der Waals surface area contributed by atoms with Gasteiger partial charge in [-0.3, -0.25) is 4.79 Å². The lowest BCUT2D eigenvalue weighted by Crippen LogP contribution is -2.48.